The van der Waals surface area contributed by atoms with Crippen molar-refractivity contribution in [3.05, 3.63) is 59.2 Å². The van der Waals surface area contributed by atoms with Gasteiger partial charge in [-0.3, -0.25) is 4.79 Å². The van der Waals surface area contributed by atoms with Crippen molar-refractivity contribution in [3.8, 4) is 11.5 Å². The summed E-state index contributed by atoms with van der Waals surface area (Å²) in [6.07, 6.45) is 0.695. The van der Waals surface area contributed by atoms with E-state index in [1.165, 1.54) is 24.1 Å². The molecule has 1 amide bonds. The van der Waals surface area contributed by atoms with Crippen LogP contribution in [0.4, 0.5) is 0 Å². The highest BCUT2D eigenvalue weighted by Crippen LogP contribution is 2.28. The van der Waals surface area contributed by atoms with Gasteiger partial charge in [-0.2, -0.15) is 4.31 Å². The molecule has 0 fully saturated rings. The lowest BCUT2D eigenvalue weighted by Crippen LogP contribution is -2.40. The summed E-state index contributed by atoms with van der Waals surface area (Å²) < 4.78 is 37.3. The molecule has 0 atom stereocenters. The Labute approximate surface area is 165 Å². The number of ether oxygens (including phenoxy) is 2. The quantitative estimate of drug-likeness (QED) is 0.761. The van der Waals surface area contributed by atoms with E-state index in [-0.39, 0.29) is 17.9 Å². The molecule has 2 aromatic carbocycles. The van der Waals surface area contributed by atoms with Crippen molar-refractivity contribution < 1.29 is 22.7 Å². The van der Waals surface area contributed by atoms with E-state index in [4.69, 9.17) is 9.47 Å². The van der Waals surface area contributed by atoms with Crippen LogP contribution in [0, 0.1) is 0 Å². The monoisotopic (exact) mass is 404 g/mol. The van der Waals surface area contributed by atoms with E-state index in [1.807, 2.05) is 24.3 Å². The Balaban J connectivity index is 1.63. The van der Waals surface area contributed by atoms with E-state index in [9.17, 15) is 13.2 Å². The second-order valence-corrected chi connectivity index (χ2v) is 8.55. The van der Waals surface area contributed by atoms with Gasteiger partial charge in [0.15, 0.2) is 0 Å². The molecule has 2 aromatic rings. The zero-order valence-corrected chi connectivity index (χ0v) is 16.8. The van der Waals surface area contributed by atoms with Gasteiger partial charge in [0, 0.05) is 19.6 Å². The van der Waals surface area contributed by atoms with Gasteiger partial charge in [-0.05, 0) is 29.7 Å². The van der Waals surface area contributed by atoms with Gasteiger partial charge in [0.2, 0.25) is 10.0 Å². The maximum Gasteiger partial charge on any atom is 0.258 e. The number of methoxy groups -OCH3 is 2. The predicted molar refractivity (Wildman–Crippen MR) is 106 cm³/mol. The van der Waals surface area contributed by atoms with Gasteiger partial charge in [-0.25, -0.2) is 8.42 Å². The van der Waals surface area contributed by atoms with Gasteiger partial charge >= 0.3 is 0 Å². The third-order valence-corrected chi connectivity index (χ3v) is 6.61. The third kappa shape index (κ3) is 4.28. The lowest BCUT2D eigenvalue weighted by atomic mass is 10.0. The molecule has 0 spiro atoms. The Morgan fingerprint density at radius 3 is 2.32 bits per heavy atom. The first-order valence-corrected chi connectivity index (χ1v) is 10.6. The molecule has 0 bridgehead atoms. The minimum Gasteiger partial charge on any atom is -0.496 e. The molecule has 0 unspecified atom stereocenters. The van der Waals surface area contributed by atoms with Crippen LogP contribution in [-0.4, -0.2) is 51.7 Å². The van der Waals surface area contributed by atoms with Gasteiger partial charge in [0.25, 0.3) is 5.91 Å². The lowest BCUT2D eigenvalue weighted by molar-refractivity contribution is 0.0950. The van der Waals surface area contributed by atoms with Crippen LogP contribution in [0.2, 0.25) is 0 Å². The number of rotatable bonds is 7. The Hall–Kier alpha value is -2.58. The van der Waals surface area contributed by atoms with Gasteiger partial charge in [0.05, 0.1) is 20.0 Å². The molecule has 3 rings (SSSR count). The van der Waals surface area contributed by atoms with Crippen molar-refractivity contribution in [2.24, 2.45) is 0 Å². The molecule has 0 saturated heterocycles. The molecule has 1 N–H and O–H groups in total. The highest BCUT2D eigenvalue weighted by atomic mass is 32.2. The van der Waals surface area contributed by atoms with Crippen LogP contribution in [0.5, 0.6) is 11.5 Å². The zero-order chi connectivity index (χ0) is 20.1. The van der Waals surface area contributed by atoms with Crippen molar-refractivity contribution in [2.45, 2.75) is 13.0 Å². The molecular formula is C20H24N2O5S. The normalized spacial score (nSPS) is 14.2. The predicted octanol–water partition coefficient (Wildman–Crippen LogP) is 1.82. The minimum atomic E-state index is -3.48. The number of carbonyl (C=O) groups is 1. The van der Waals surface area contributed by atoms with E-state index in [0.29, 0.717) is 31.0 Å². The molecule has 1 heterocycles. The Kier molecular flexibility index (Phi) is 6.21. The lowest BCUT2D eigenvalue weighted by Gasteiger charge is -2.28. The number of fused-ring (bicyclic) bond motifs is 1. The third-order valence-electron chi connectivity index (χ3n) is 4.79. The van der Waals surface area contributed by atoms with Crippen molar-refractivity contribution in [1.29, 1.82) is 0 Å². The molecule has 8 heteroatoms. The topological polar surface area (TPSA) is 84.9 Å². The number of nitrogens with zero attached hydrogens (tertiary/aromatic N) is 1. The standard InChI is InChI=1S/C20H24N2O5S/c1-26-17-8-5-9-18(27-2)19(17)20(23)21-11-13-28(24,25)22-12-10-15-6-3-4-7-16(15)14-22/h3-9H,10-14H2,1-2H3,(H,21,23). The van der Waals surface area contributed by atoms with Crippen LogP contribution in [0.1, 0.15) is 21.5 Å². The summed E-state index contributed by atoms with van der Waals surface area (Å²) in [4.78, 5) is 12.6. The number of amides is 1. The first kappa shape index (κ1) is 20.2. The molecule has 0 aromatic heterocycles. The van der Waals surface area contributed by atoms with Crippen LogP contribution in [0.3, 0.4) is 0 Å². The van der Waals surface area contributed by atoms with Crippen LogP contribution in [0.25, 0.3) is 0 Å². The van der Waals surface area contributed by atoms with E-state index >= 15 is 0 Å². The van der Waals surface area contributed by atoms with Gasteiger partial charge < -0.3 is 14.8 Å². The fourth-order valence-corrected chi connectivity index (χ4v) is 4.62. The summed E-state index contributed by atoms with van der Waals surface area (Å²) in [5.74, 6) is 0.131. The Morgan fingerprint density at radius 2 is 1.68 bits per heavy atom. The average molecular weight is 404 g/mol. The molecule has 28 heavy (non-hydrogen) atoms. The highest BCUT2D eigenvalue weighted by molar-refractivity contribution is 7.89. The summed E-state index contributed by atoms with van der Waals surface area (Å²) in [6, 6.07) is 12.9. The van der Waals surface area contributed by atoms with Crippen molar-refractivity contribution in [3.63, 3.8) is 0 Å². The Morgan fingerprint density at radius 1 is 1.04 bits per heavy atom. The van der Waals surface area contributed by atoms with Crippen LogP contribution in [0.15, 0.2) is 42.5 Å². The molecule has 1 aliphatic rings. The van der Waals surface area contributed by atoms with E-state index in [0.717, 1.165) is 5.56 Å². The summed E-state index contributed by atoms with van der Waals surface area (Å²) >= 11 is 0. The smallest absolute Gasteiger partial charge is 0.258 e. The number of benzene rings is 2. The maximum atomic E-state index is 12.7. The molecule has 0 aliphatic carbocycles. The minimum absolute atomic E-state index is 0.000512. The first-order valence-electron chi connectivity index (χ1n) is 9.00. The summed E-state index contributed by atoms with van der Waals surface area (Å²) in [6.45, 7) is 0.820. The van der Waals surface area contributed by atoms with Crippen LogP contribution >= 0.6 is 0 Å². The van der Waals surface area contributed by atoms with Gasteiger partial charge in [-0.15, -0.1) is 0 Å². The van der Waals surface area contributed by atoms with Crippen molar-refractivity contribution >= 4 is 15.9 Å². The fraction of sp³-hybridized carbons (Fsp3) is 0.350. The van der Waals surface area contributed by atoms with Gasteiger partial charge in [0.1, 0.15) is 17.1 Å². The molecule has 0 radical (unpaired) electrons. The van der Waals surface area contributed by atoms with E-state index in [2.05, 4.69) is 5.32 Å². The Bertz CT molecular complexity index is 937. The highest BCUT2D eigenvalue weighted by Gasteiger charge is 2.26. The number of hydrogen-bond donors (Lipinski definition) is 1. The summed E-state index contributed by atoms with van der Waals surface area (Å²) in [5, 5.41) is 2.66. The molecule has 1 aliphatic heterocycles. The van der Waals surface area contributed by atoms with Gasteiger partial charge in [-0.1, -0.05) is 30.3 Å². The second kappa shape index (κ2) is 8.62. The van der Waals surface area contributed by atoms with E-state index < -0.39 is 15.9 Å². The summed E-state index contributed by atoms with van der Waals surface area (Å²) in [7, 11) is -0.554. The second-order valence-electron chi connectivity index (χ2n) is 6.46. The van der Waals surface area contributed by atoms with E-state index in [1.54, 1.807) is 18.2 Å². The zero-order valence-electron chi connectivity index (χ0n) is 16.0. The van der Waals surface area contributed by atoms with Crippen LogP contribution in [-0.2, 0) is 23.0 Å². The average Bonchev–Trinajstić information content (AvgIpc) is 2.72. The molecular weight excluding hydrogens is 380 g/mol. The largest absolute Gasteiger partial charge is 0.496 e. The van der Waals surface area contributed by atoms with Crippen molar-refractivity contribution in [2.75, 3.05) is 33.1 Å². The number of sulfonamides is 1. The van der Waals surface area contributed by atoms with Crippen LogP contribution < -0.4 is 14.8 Å². The molecule has 150 valence electrons. The molecule has 0 saturated carbocycles. The van der Waals surface area contributed by atoms with Crippen molar-refractivity contribution in [1.82, 2.24) is 9.62 Å². The number of hydrogen-bond acceptors (Lipinski definition) is 5. The number of carbonyl (C=O) groups excluding carboxylic acids is 1. The number of nitrogens with one attached hydrogen (secondary N) is 1. The first-order chi connectivity index (χ1) is 13.5. The summed E-state index contributed by atoms with van der Waals surface area (Å²) in [5.41, 5.74) is 2.46. The fourth-order valence-electron chi connectivity index (χ4n) is 3.29. The maximum absolute atomic E-state index is 12.7. The molecule has 7 nitrogen and oxygen atoms in total. The SMILES string of the molecule is COc1cccc(OC)c1C(=O)NCCS(=O)(=O)N1CCc2ccccc2C1.